The van der Waals surface area contributed by atoms with Crippen molar-refractivity contribution in [3.8, 4) is 5.69 Å². The Morgan fingerprint density at radius 2 is 2.13 bits per heavy atom. The van der Waals surface area contributed by atoms with Crippen molar-refractivity contribution in [2.45, 2.75) is 17.6 Å². The number of rotatable bonds is 3. The molecule has 0 fully saturated rings. The predicted octanol–water partition coefficient (Wildman–Crippen LogP) is 1.70. The van der Waals surface area contributed by atoms with Crippen LogP contribution >= 0.6 is 11.8 Å². The number of carbonyl (C=O) groups is 1. The van der Waals surface area contributed by atoms with Crippen molar-refractivity contribution in [2.24, 2.45) is 0 Å². The van der Waals surface area contributed by atoms with Crippen molar-refractivity contribution in [1.82, 2.24) is 19.3 Å². The normalized spacial score (nSPS) is 16.6. The highest BCUT2D eigenvalue weighted by atomic mass is 32.2. The lowest BCUT2D eigenvalue weighted by molar-refractivity contribution is -0.137. The molecule has 4 rings (SSSR count). The predicted molar refractivity (Wildman–Crippen MR) is 85.1 cm³/mol. The van der Waals surface area contributed by atoms with Gasteiger partial charge in [-0.3, -0.25) is 14.2 Å². The van der Waals surface area contributed by atoms with Gasteiger partial charge in [0.1, 0.15) is 5.39 Å². The van der Waals surface area contributed by atoms with Crippen LogP contribution in [0.4, 0.5) is 0 Å². The zero-order valence-electron chi connectivity index (χ0n) is 11.9. The minimum atomic E-state index is -0.921. The Labute approximate surface area is 134 Å². The maximum Gasteiger partial charge on any atom is 0.305 e. The average molecular weight is 328 g/mol. The Morgan fingerprint density at radius 1 is 1.35 bits per heavy atom. The van der Waals surface area contributed by atoms with Gasteiger partial charge in [-0.15, -0.1) is 0 Å². The first-order valence-corrected chi connectivity index (χ1v) is 8.04. The number of aromatic nitrogens is 4. The molecule has 1 aromatic carbocycles. The molecule has 116 valence electrons. The number of nitrogens with zero attached hydrogens (tertiary/aromatic N) is 4. The summed E-state index contributed by atoms with van der Waals surface area (Å²) in [6.45, 7) is 0. The second kappa shape index (κ2) is 5.24. The van der Waals surface area contributed by atoms with E-state index in [1.54, 1.807) is 4.68 Å². The first kappa shape index (κ1) is 14.0. The maximum absolute atomic E-state index is 12.7. The van der Waals surface area contributed by atoms with Crippen LogP contribution in [-0.2, 0) is 4.79 Å². The number of fused-ring (bicyclic) bond motifs is 2. The van der Waals surface area contributed by atoms with Crippen LogP contribution < -0.4 is 5.56 Å². The molecule has 0 aliphatic carbocycles. The lowest BCUT2D eigenvalue weighted by Gasteiger charge is -2.10. The van der Waals surface area contributed by atoms with Gasteiger partial charge in [-0.05, 0) is 12.1 Å². The highest BCUT2D eigenvalue weighted by Crippen LogP contribution is 2.33. The number of carboxylic acid groups (broad SMARTS) is 1. The quantitative estimate of drug-likeness (QED) is 0.736. The Bertz CT molecular complexity index is 964. The largest absolute Gasteiger partial charge is 0.481 e. The van der Waals surface area contributed by atoms with Gasteiger partial charge in [0, 0.05) is 5.75 Å². The Hall–Kier alpha value is -2.61. The lowest BCUT2D eigenvalue weighted by Crippen LogP contribution is -2.26. The molecule has 0 unspecified atom stereocenters. The van der Waals surface area contributed by atoms with Crippen molar-refractivity contribution < 1.29 is 9.90 Å². The molecule has 2 aromatic heterocycles. The number of carboxylic acids is 1. The van der Waals surface area contributed by atoms with Gasteiger partial charge < -0.3 is 5.11 Å². The number of para-hydroxylation sites is 1. The summed E-state index contributed by atoms with van der Waals surface area (Å²) in [7, 11) is 0. The monoisotopic (exact) mass is 328 g/mol. The van der Waals surface area contributed by atoms with Crippen molar-refractivity contribution in [1.29, 1.82) is 0 Å². The summed E-state index contributed by atoms with van der Waals surface area (Å²) in [4.78, 5) is 28.2. The van der Waals surface area contributed by atoms with E-state index in [2.05, 4.69) is 10.1 Å². The van der Waals surface area contributed by atoms with Crippen molar-refractivity contribution in [2.75, 3.05) is 5.75 Å². The fourth-order valence-corrected chi connectivity index (χ4v) is 3.87. The topological polar surface area (TPSA) is 90.0 Å². The van der Waals surface area contributed by atoms with Gasteiger partial charge in [0.25, 0.3) is 5.56 Å². The van der Waals surface area contributed by atoms with Gasteiger partial charge >= 0.3 is 5.97 Å². The highest BCUT2D eigenvalue weighted by Gasteiger charge is 2.29. The van der Waals surface area contributed by atoms with E-state index in [9.17, 15) is 9.59 Å². The molecule has 1 aliphatic heterocycles. The highest BCUT2D eigenvalue weighted by molar-refractivity contribution is 7.99. The third-order valence-corrected chi connectivity index (χ3v) is 4.88. The summed E-state index contributed by atoms with van der Waals surface area (Å²) in [6, 6.07) is 9.10. The first-order valence-electron chi connectivity index (χ1n) is 7.05. The Morgan fingerprint density at radius 3 is 2.87 bits per heavy atom. The third-order valence-electron chi connectivity index (χ3n) is 3.78. The molecule has 7 nitrogen and oxygen atoms in total. The van der Waals surface area contributed by atoms with E-state index in [0.29, 0.717) is 21.9 Å². The molecule has 0 amide bonds. The van der Waals surface area contributed by atoms with Gasteiger partial charge in [0.2, 0.25) is 0 Å². The van der Waals surface area contributed by atoms with Crippen molar-refractivity contribution in [3.63, 3.8) is 0 Å². The van der Waals surface area contributed by atoms with E-state index < -0.39 is 5.97 Å². The standard InChI is InChI=1S/C15H12N4O3S/c20-12(21)6-10-8-23-15-17-13-11(14(22)18(10)15)7-16-19(13)9-4-2-1-3-5-9/h1-5,7,10H,6,8H2,(H,20,21)/t10-/m1/s1. The molecule has 3 heterocycles. The third kappa shape index (κ3) is 2.22. The molecule has 23 heavy (non-hydrogen) atoms. The summed E-state index contributed by atoms with van der Waals surface area (Å²) in [5, 5.41) is 14.2. The van der Waals surface area contributed by atoms with Crippen LogP contribution in [0.2, 0.25) is 0 Å². The molecule has 1 atom stereocenters. The molecule has 1 N–H and O–H groups in total. The van der Waals surface area contributed by atoms with Crippen LogP contribution in [0, 0.1) is 0 Å². The van der Waals surface area contributed by atoms with Gasteiger partial charge in [-0.25, -0.2) is 9.67 Å². The first-order chi connectivity index (χ1) is 11.1. The second-order valence-electron chi connectivity index (χ2n) is 5.26. The number of aliphatic carboxylic acids is 1. The summed E-state index contributed by atoms with van der Waals surface area (Å²) >= 11 is 1.40. The summed E-state index contributed by atoms with van der Waals surface area (Å²) in [5.41, 5.74) is 1.09. The fourth-order valence-electron chi connectivity index (χ4n) is 2.74. The fraction of sp³-hybridized carbons (Fsp3) is 0.200. The summed E-state index contributed by atoms with van der Waals surface area (Å²) in [5.74, 6) is -0.379. The number of hydrogen-bond donors (Lipinski definition) is 1. The Balaban J connectivity index is 1.91. The van der Waals surface area contributed by atoms with E-state index in [4.69, 9.17) is 5.11 Å². The summed E-state index contributed by atoms with van der Waals surface area (Å²) < 4.78 is 3.11. The van der Waals surface area contributed by atoms with E-state index in [1.807, 2.05) is 30.3 Å². The maximum atomic E-state index is 12.7. The van der Waals surface area contributed by atoms with Crippen LogP contribution in [0.3, 0.4) is 0 Å². The van der Waals surface area contributed by atoms with Gasteiger partial charge in [-0.2, -0.15) is 5.10 Å². The van der Waals surface area contributed by atoms with E-state index >= 15 is 0 Å². The molecule has 8 heteroatoms. The minimum absolute atomic E-state index is 0.0834. The van der Waals surface area contributed by atoms with Crippen LogP contribution in [0.15, 0.2) is 46.5 Å². The van der Waals surface area contributed by atoms with E-state index in [1.165, 1.54) is 22.5 Å². The van der Waals surface area contributed by atoms with Gasteiger partial charge in [-0.1, -0.05) is 30.0 Å². The minimum Gasteiger partial charge on any atom is -0.481 e. The molecule has 0 saturated carbocycles. The summed E-state index contributed by atoms with van der Waals surface area (Å²) in [6.07, 6.45) is 1.41. The van der Waals surface area contributed by atoms with Crippen LogP contribution in [0.5, 0.6) is 0 Å². The second-order valence-corrected chi connectivity index (χ2v) is 6.25. The number of hydrogen-bond acceptors (Lipinski definition) is 5. The molecule has 3 aromatic rings. The lowest BCUT2D eigenvalue weighted by atomic mass is 10.2. The number of thioether (sulfide) groups is 1. The molecule has 1 aliphatic rings. The van der Waals surface area contributed by atoms with Crippen LogP contribution in [-0.4, -0.2) is 36.2 Å². The van der Waals surface area contributed by atoms with Crippen molar-refractivity contribution >= 4 is 28.8 Å². The van der Waals surface area contributed by atoms with Gasteiger partial charge in [0.05, 0.1) is 24.3 Å². The SMILES string of the molecule is O=C(O)C[C@@H]1CSc2nc3c(cnn3-c3ccccc3)c(=O)n21. The molecular weight excluding hydrogens is 316 g/mol. The van der Waals surface area contributed by atoms with E-state index in [-0.39, 0.29) is 18.0 Å². The molecule has 0 spiro atoms. The average Bonchev–Trinajstić information content (AvgIpc) is 3.13. The van der Waals surface area contributed by atoms with Crippen LogP contribution in [0.1, 0.15) is 12.5 Å². The Kier molecular flexibility index (Phi) is 3.19. The van der Waals surface area contributed by atoms with Crippen LogP contribution in [0.25, 0.3) is 16.7 Å². The molecule has 0 saturated heterocycles. The van der Waals surface area contributed by atoms with Gasteiger partial charge in [0.15, 0.2) is 10.8 Å². The van der Waals surface area contributed by atoms with E-state index in [0.717, 1.165) is 5.69 Å². The number of benzene rings is 1. The zero-order valence-corrected chi connectivity index (χ0v) is 12.7. The molecule has 0 bridgehead atoms. The zero-order chi connectivity index (χ0) is 16.0. The van der Waals surface area contributed by atoms with Crippen molar-refractivity contribution in [3.05, 3.63) is 46.9 Å². The molecule has 0 radical (unpaired) electrons. The smallest absolute Gasteiger partial charge is 0.305 e. The molecular formula is C15H12N4O3S.